The van der Waals surface area contributed by atoms with Crippen molar-refractivity contribution < 1.29 is 18.8 Å². The Morgan fingerprint density at radius 2 is 1.78 bits per heavy atom. The molecule has 0 atom stereocenters. The van der Waals surface area contributed by atoms with Gasteiger partial charge in [0, 0.05) is 18.8 Å². The van der Waals surface area contributed by atoms with E-state index < -0.39 is 7.12 Å². The van der Waals surface area contributed by atoms with E-state index in [-0.39, 0.29) is 0 Å². The van der Waals surface area contributed by atoms with Crippen LogP contribution in [0.15, 0.2) is 42.5 Å². The highest BCUT2D eigenvalue weighted by atomic mass is 16.6. The van der Waals surface area contributed by atoms with Crippen molar-refractivity contribution in [3.63, 3.8) is 0 Å². The molecule has 0 spiro atoms. The lowest BCUT2D eigenvalue weighted by Gasteiger charge is -2.21. The normalized spacial score (nSPS) is 14.1. The second-order valence-corrected chi connectivity index (χ2v) is 5.04. The molecule has 1 fully saturated rings. The average molecular weight is 307 g/mol. The van der Waals surface area contributed by atoms with Crippen molar-refractivity contribution in [2.45, 2.75) is 6.42 Å². The van der Waals surface area contributed by atoms with Gasteiger partial charge in [0.05, 0.1) is 6.57 Å². The van der Waals surface area contributed by atoms with Crippen molar-refractivity contribution in [2.24, 2.45) is 0 Å². The summed E-state index contributed by atoms with van der Waals surface area (Å²) in [5.41, 5.74) is 1.73. The molecule has 0 unspecified atom stereocenters. The third kappa shape index (κ3) is 3.59. The molecule has 0 N–H and O–H groups in total. The van der Waals surface area contributed by atoms with Gasteiger partial charge in [0.1, 0.15) is 17.8 Å². The molecule has 0 aromatic heterocycles. The number of hydrogen-bond acceptors (Lipinski definition) is 4. The summed E-state index contributed by atoms with van der Waals surface area (Å²) >= 11 is 0. The Hall–Kier alpha value is -2.62. The molecule has 114 valence electrons. The maximum Gasteiger partial charge on any atom is 0.494 e. The minimum atomic E-state index is -0.504. The van der Waals surface area contributed by atoms with Crippen LogP contribution in [0.4, 0.5) is 5.69 Å². The second kappa shape index (κ2) is 7.10. The molecule has 1 aliphatic heterocycles. The first-order chi connectivity index (χ1) is 11.3. The van der Waals surface area contributed by atoms with Crippen LogP contribution in [0, 0.1) is 6.57 Å². The Morgan fingerprint density at radius 3 is 2.43 bits per heavy atom. The third-order valence-electron chi connectivity index (χ3n) is 3.47. The highest BCUT2D eigenvalue weighted by molar-refractivity contribution is 6.62. The molecular formula is C17H14BNO4. The lowest BCUT2D eigenvalue weighted by Crippen LogP contribution is -2.42. The van der Waals surface area contributed by atoms with E-state index in [1.807, 2.05) is 0 Å². The van der Waals surface area contributed by atoms with Gasteiger partial charge < -0.3 is 14.0 Å². The molecule has 1 aliphatic rings. The minimum Gasteiger partial charge on any atom is -0.457 e. The predicted molar refractivity (Wildman–Crippen MR) is 86.5 cm³/mol. The second-order valence-electron chi connectivity index (χ2n) is 5.04. The summed E-state index contributed by atoms with van der Waals surface area (Å²) in [5, 5.41) is 0. The molecule has 1 heterocycles. The van der Waals surface area contributed by atoms with Gasteiger partial charge in [-0.05, 0) is 36.1 Å². The Bertz CT molecular complexity index is 733. The van der Waals surface area contributed by atoms with Crippen LogP contribution in [-0.2, 0) is 9.31 Å². The Morgan fingerprint density at radius 1 is 1.09 bits per heavy atom. The molecule has 0 radical (unpaired) electrons. The van der Waals surface area contributed by atoms with Crippen LogP contribution < -0.4 is 10.2 Å². The zero-order chi connectivity index (χ0) is 16.1. The fourth-order valence-electron chi connectivity index (χ4n) is 2.33. The van der Waals surface area contributed by atoms with Crippen LogP contribution in [0.3, 0.4) is 0 Å². The highest BCUT2D eigenvalue weighted by Gasteiger charge is 2.27. The molecular weight excluding hydrogens is 293 g/mol. The number of carbonyl (C=O) groups excluding carboxylic acids is 1. The highest BCUT2D eigenvalue weighted by Crippen LogP contribution is 2.24. The van der Waals surface area contributed by atoms with Crippen LogP contribution in [0.5, 0.6) is 11.5 Å². The predicted octanol–water partition coefficient (Wildman–Crippen LogP) is 2.97. The number of benzene rings is 2. The van der Waals surface area contributed by atoms with Crippen molar-refractivity contribution >= 4 is 24.6 Å². The summed E-state index contributed by atoms with van der Waals surface area (Å²) < 4.78 is 16.8. The third-order valence-corrected chi connectivity index (χ3v) is 3.47. The number of ether oxygens (including phenoxy) is 1. The van der Waals surface area contributed by atoms with E-state index in [2.05, 4.69) is 4.85 Å². The zero-order valence-corrected chi connectivity index (χ0v) is 12.4. The first-order valence-corrected chi connectivity index (χ1v) is 7.28. The number of aldehydes is 1. The maximum absolute atomic E-state index is 11.4. The molecule has 0 saturated carbocycles. The molecule has 3 rings (SSSR count). The summed E-state index contributed by atoms with van der Waals surface area (Å²) in [7, 11) is -0.504. The van der Waals surface area contributed by atoms with Crippen LogP contribution >= 0.6 is 0 Å². The average Bonchev–Trinajstić information content (AvgIpc) is 2.63. The summed E-state index contributed by atoms with van der Waals surface area (Å²) in [4.78, 5) is 14.7. The topological polar surface area (TPSA) is 49.1 Å². The van der Waals surface area contributed by atoms with Crippen LogP contribution in [0.1, 0.15) is 16.8 Å². The van der Waals surface area contributed by atoms with Gasteiger partial charge in [-0.1, -0.05) is 18.2 Å². The van der Waals surface area contributed by atoms with Gasteiger partial charge in [0.25, 0.3) is 0 Å². The molecule has 5 nitrogen and oxygen atoms in total. The van der Waals surface area contributed by atoms with Gasteiger partial charge in [-0.15, -0.1) is 0 Å². The smallest absolute Gasteiger partial charge is 0.457 e. The SMILES string of the molecule is [C-]#[N+]c1ccc(Oc2ccc(B3OCCCO3)c(C=O)c2)cc1. The van der Waals surface area contributed by atoms with Crippen molar-refractivity contribution in [1.82, 2.24) is 0 Å². The van der Waals surface area contributed by atoms with Crippen molar-refractivity contribution in [3.8, 4) is 11.5 Å². The Kier molecular flexibility index (Phi) is 4.72. The van der Waals surface area contributed by atoms with E-state index in [1.54, 1.807) is 42.5 Å². The molecule has 1 saturated heterocycles. The van der Waals surface area contributed by atoms with Crippen molar-refractivity contribution in [1.29, 1.82) is 0 Å². The van der Waals surface area contributed by atoms with Crippen molar-refractivity contribution in [3.05, 3.63) is 59.4 Å². The summed E-state index contributed by atoms with van der Waals surface area (Å²) in [5.74, 6) is 1.15. The van der Waals surface area contributed by atoms with Crippen molar-refractivity contribution in [2.75, 3.05) is 13.2 Å². The molecule has 2 aromatic rings. The molecule has 23 heavy (non-hydrogen) atoms. The van der Waals surface area contributed by atoms with E-state index >= 15 is 0 Å². The van der Waals surface area contributed by atoms with E-state index in [1.165, 1.54) is 0 Å². The maximum atomic E-state index is 11.4. The molecule has 6 heteroatoms. The van der Waals surface area contributed by atoms with Gasteiger partial charge >= 0.3 is 7.12 Å². The lowest BCUT2D eigenvalue weighted by atomic mass is 9.75. The minimum absolute atomic E-state index is 0.479. The van der Waals surface area contributed by atoms with Gasteiger partial charge in [0.2, 0.25) is 0 Å². The first kappa shape index (κ1) is 15.3. The van der Waals surface area contributed by atoms with Crippen LogP contribution in [-0.4, -0.2) is 26.6 Å². The van der Waals surface area contributed by atoms with Crippen LogP contribution in [0.2, 0.25) is 0 Å². The largest absolute Gasteiger partial charge is 0.494 e. The number of hydrogen-bond donors (Lipinski definition) is 0. The number of rotatable bonds is 4. The van der Waals surface area contributed by atoms with Crippen LogP contribution in [0.25, 0.3) is 4.85 Å². The van der Waals surface area contributed by atoms with Gasteiger partial charge in [0.15, 0.2) is 5.69 Å². The fourth-order valence-corrected chi connectivity index (χ4v) is 2.33. The van der Waals surface area contributed by atoms with E-state index in [4.69, 9.17) is 20.6 Å². The van der Waals surface area contributed by atoms with Gasteiger partial charge in [-0.3, -0.25) is 4.79 Å². The summed E-state index contributed by atoms with van der Waals surface area (Å²) in [6, 6.07) is 12.0. The quantitative estimate of drug-likeness (QED) is 0.495. The Labute approximate surface area is 134 Å². The number of nitrogens with zero attached hydrogens (tertiary/aromatic N) is 1. The van der Waals surface area contributed by atoms with E-state index in [0.29, 0.717) is 41.4 Å². The first-order valence-electron chi connectivity index (χ1n) is 7.28. The monoisotopic (exact) mass is 307 g/mol. The lowest BCUT2D eigenvalue weighted by molar-refractivity contribution is 0.112. The molecule has 0 aliphatic carbocycles. The zero-order valence-electron chi connectivity index (χ0n) is 12.4. The molecule has 2 aromatic carbocycles. The van der Waals surface area contributed by atoms with E-state index in [9.17, 15) is 4.79 Å². The number of carbonyl (C=O) groups is 1. The molecule has 0 amide bonds. The standard InChI is InChI=1S/C17H14BNO4/c1-19-14-3-5-15(6-4-14)23-16-7-8-17(13(11-16)12-20)18-21-9-2-10-22-18/h3-8,11-12H,2,9-10H2. The Balaban J connectivity index is 1.80. The van der Waals surface area contributed by atoms with Gasteiger partial charge in [-0.2, -0.15) is 0 Å². The fraction of sp³-hybridized carbons (Fsp3) is 0.176. The summed E-state index contributed by atoms with van der Waals surface area (Å²) in [6.07, 6.45) is 1.63. The van der Waals surface area contributed by atoms with Gasteiger partial charge in [-0.25, -0.2) is 4.85 Å². The van der Waals surface area contributed by atoms with E-state index in [0.717, 1.165) is 12.7 Å². The summed E-state index contributed by atoms with van der Waals surface area (Å²) in [6.45, 7) is 8.17. The molecule has 0 bridgehead atoms.